The van der Waals surface area contributed by atoms with Crippen molar-refractivity contribution in [1.82, 2.24) is 10.3 Å². The van der Waals surface area contributed by atoms with E-state index in [1.807, 2.05) is 6.07 Å². The number of aryl methyl sites for hydroxylation is 1. The molecule has 134 valence electrons. The molecule has 2 amide bonds. The minimum atomic E-state index is -2.05. The highest BCUT2D eigenvalue weighted by atomic mass is 32.1. The monoisotopic (exact) mass is 367 g/mol. The van der Waals surface area contributed by atoms with Gasteiger partial charge in [-0.2, -0.15) is 0 Å². The Balaban J connectivity index is 1.91. The zero-order valence-electron chi connectivity index (χ0n) is 13.7. The summed E-state index contributed by atoms with van der Waals surface area (Å²) in [5.41, 5.74) is -0.689. The lowest BCUT2D eigenvalue weighted by atomic mass is 10.1. The van der Waals surface area contributed by atoms with E-state index in [1.54, 1.807) is 19.2 Å². The summed E-state index contributed by atoms with van der Waals surface area (Å²) in [4.78, 5) is 27.4. The number of aliphatic carboxylic acids is 1. The fourth-order valence-corrected chi connectivity index (χ4v) is 2.71. The summed E-state index contributed by atoms with van der Waals surface area (Å²) < 4.78 is 13.6. The number of nitrogens with zero attached hydrogens (tertiary/aromatic N) is 1. The van der Waals surface area contributed by atoms with Gasteiger partial charge in [0.05, 0.1) is 6.54 Å². The number of amides is 2. The lowest BCUT2D eigenvalue weighted by Crippen LogP contribution is -2.47. The van der Waals surface area contributed by atoms with E-state index in [1.165, 1.54) is 17.4 Å². The second-order valence-corrected chi connectivity index (χ2v) is 6.89. The minimum Gasteiger partial charge on any atom is -0.479 e. The van der Waals surface area contributed by atoms with Gasteiger partial charge in [-0.05, 0) is 31.0 Å². The third kappa shape index (κ3) is 5.23. The maximum atomic E-state index is 13.6. The number of anilines is 1. The van der Waals surface area contributed by atoms with E-state index in [2.05, 4.69) is 15.6 Å². The second-order valence-electron chi connectivity index (χ2n) is 5.78. The summed E-state index contributed by atoms with van der Waals surface area (Å²) in [6.45, 7) is 2.32. The fourth-order valence-electron chi connectivity index (χ4n) is 1.86. The number of urea groups is 1. The Hall–Kier alpha value is -2.52. The number of benzene rings is 1. The van der Waals surface area contributed by atoms with E-state index in [-0.39, 0.29) is 5.82 Å². The molecule has 2 rings (SSSR count). The van der Waals surface area contributed by atoms with E-state index >= 15 is 0 Å². The highest BCUT2D eigenvalue weighted by Crippen LogP contribution is 2.22. The zero-order valence-corrected chi connectivity index (χ0v) is 14.5. The lowest BCUT2D eigenvalue weighted by molar-refractivity contribution is -0.155. The highest BCUT2D eigenvalue weighted by molar-refractivity contribution is 7.15. The SMILES string of the molecule is Cc1ccc(Cc2cnc(NC(=O)NCC(C)(O)C(=O)O)s2)cc1F. The van der Waals surface area contributed by atoms with Crippen molar-refractivity contribution < 1.29 is 24.2 Å². The Morgan fingerprint density at radius 2 is 2.12 bits per heavy atom. The van der Waals surface area contributed by atoms with Crippen molar-refractivity contribution in [3.63, 3.8) is 0 Å². The first-order valence-corrected chi connectivity index (χ1v) is 8.19. The largest absolute Gasteiger partial charge is 0.479 e. The Kier molecular flexibility index (Phi) is 5.70. The summed E-state index contributed by atoms with van der Waals surface area (Å²) >= 11 is 1.22. The number of carbonyl (C=O) groups is 2. The predicted molar refractivity (Wildman–Crippen MR) is 91.3 cm³/mol. The molecule has 0 saturated heterocycles. The summed E-state index contributed by atoms with van der Waals surface area (Å²) in [7, 11) is 0. The number of aliphatic hydroxyl groups is 1. The molecule has 25 heavy (non-hydrogen) atoms. The van der Waals surface area contributed by atoms with E-state index in [4.69, 9.17) is 5.11 Å². The van der Waals surface area contributed by atoms with Crippen LogP contribution in [0.2, 0.25) is 0 Å². The van der Waals surface area contributed by atoms with E-state index in [9.17, 15) is 19.1 Å². The average Bonchev–Trinajstić information content (AvgIpc) is 2.96. The molecule has 4 N–H and O–H groups in total. The van der Waals surface area contributed by atoms with Crippen molar-refractivity contribution in [2.45, 2.75) is 25.9 Å². The number of halogens is 1. The Labute approximate surface area is 147 Å². The number of rotatable bonds is 6. The molecule has 1 aromatic heterocycles. The highest BCUT2D eigenvalue weighted by Gasteiger charge is 2.30. The van der Waals surface area contributed by atoms with Crippen LogP contribution in [0, 0.1) is 12.7 Å². The predicted octanol–water partition coefficient (Wildman–Crippen LogP) is 2.14. The summed E-state index contributed by atoms with van der Waals surface area (Å²) in [5, 5.41) is 23.3. The standard InChI is InChI=1S/C16H18FN3O4S/c1-9-3-4-10(6-12(9)17)5-11-7-18-15(25-11)20-14(23)19-8-16(2,24)13(21)22/h3-4,6-7,24H,5,8H2,1-2H3,(H,21,22)(H2,18,19,20,23). The maximum Gasteiger partial charge on any atom is 0.337 e. The van der Waals surface area contributed by atoms with Crippen LogP contribution < -0.4 is 10.6 Å². The first-order chi connectivity index (χ1) is 11.7. The van der Waals surface area contributed by atoms with Gasteiger partial charge in [-0.25, -0.2) is 19.0 Å². The van der Waals surface area contributed by atoms with Crippen LogP contribution in [0.15, 0.2) is 24.4 Å². The van der Waals surface area contributed by atoms with E-state index < -0.39 is 24.1 Å². The summed E-state index contributed by atoms with van der Waals surface area (Å²) in [6.07, 6.45) is 2.05. The van der Waals surface area contributed by atoms with Crippen molar-refractivity contribution in [2.24, 2.45) is 0 Å². The van der Waals surface area contributed by atoms with Gasteiger partial charge in [0, 0.05) is 17.5 Å². The molecule has 0 aliphatic carbocycles. The van der Waals surface area contributed by atoms with Crippen LogP contribution in [-0.2, 0) is 11.2 Å². The van der Waals surface area contributed by atoms with E-state index in [0.29, 0.717) is 17.1 Å². The number of nitrogens with one attached hydrogen (secondary N) is 2. The van der Waals surface area contributed by atoms with Crippen molar-refractivity contribution in [3.8, 4) is 0 Å². The van der Waals surface area contributed by atoms with Crippen LogP contribution >= 0.6 is 11.3 Å². The van der Waals surface area contributed by atoms with Gasteiger partial charge in [0.15, 0.2) is 10.7 Å². The van der Waals surface area contributed by atoms with Gasteiger partial charge in [0.2, 0.25) is 0 Å². The van der Waals surface area contributed by atoms with Crippen LogP contribution in [0.4, 0.5) is 14.3 Å². The lowest BCUT2D eigenvalue weighted by Gasteiger charge is -2.18. The quantitative estimate of drug-likeness (QED) is 0.625. The maximum absolute atomic E-state index is 13.6. The molecular weight excluding hydrogens is 349 g/mol. The van der Waals surface area contributed by atoms with Gasteiger partial charge in [-0.1, -0.05) is 12.1 Å². The topological polar surface area (TPSA) is 112 Å². The van der Waals surface area contributed by atoms with Gasteiger partial charge in [0.1, 0.15) is 5.82 Å². The summed E-state index contributed by atoms with van der Waals surface area (Å²) in [5.74, 6) is -1.71. The van der Waals surface area contributed by atoms with Crippen molar-refractivity contribution >= 4 is 28.5 Å². The molecule has 0 saturated carbocycles. The molecule has 1 heterocycles. The Bertz CT molecular complexity index is 791. The Morgan fingerprint density at radius 3 is 2.76 bits per heavy atom. The molecule has 0 aliphatic heterocycles. The zero-order chi connectivity index (χ0) is 18.6. The average molecular weight is 367 g/mol. The molecule has 0 aliphatic rings. The van der Waals surface area contributed by atoms with Crippen LogP contribution in [0.25, 0.3) is 0 Å². The van der Waals surface area contributed by atoms with Gasteiger partial charge in [0.25, 0.3) is 0 Å². The molecule has 0 radical (unpaired) electrons. The minimum absolute atomic E-state index is 0.273. The molecule has 0 bridgehead atoms. The number of carboxylic acids is 1. The molecule has 9 heteroatoms. The molecule has 2 aromatic rings. The first-order valence-electron chi connectivity index (χ1n) is 7.38. The van der Waals surface area contributed by atoms with E-state index in [0.717, 1.165) is 17.4 Å². The number of carboxylic acid groups (broad SMARTS) is 1. The number of hydrogen-bond donors (Lipinski definition) is 4. The molecule has 7 nitrogen and oxygen atoms in total. The van der Waals surface area contributed by atoms with Crippen LogP contribution in [0.5, 0.6) is 0 Å². The van der Waals surface area contributed by atoms with Crippen LogP contribution in [0.3, 0.4) is 0 Å². The molecule has 0 spiro atoms. The molecule has 1 atom stereocenters. The van der Waals surface area contributed by atoms with Gasteiger partial charge >= 0.3 is 12.0 Å². The number of aromatic nitrogens is 1. The van der Waals surface area contributed by atoms with Gasteiger partial charge in [-0.3, -0.25) is 5.32 Å². The molecule has 0 fully saturated rings. The number of hydrogen-bond acceptors (Lipinski definition) is 5. The fraction of sp³-hybridized carbons (Fsp3) is 0.312. The smallest absolute Gasteiger partial charge is 0.337 e. The van der Waals surface area contributed by atoms with Crippen molar-refractivity contribution in [2.75, 3.05) is 11.9 Å². The van der Waals surface area contributed by atoms with Crippen LogP contribution in [0.1, 0.15) is 22.9 Å². The molecule has 1 aromatic carbocycles. The summed E-state index contributed by atoms with van der Waals surface area (Å²) in [6, 6.07) is 4.31. The third-order valence-corrected chi connectivity index (χ3v) is 4.36. The molecule has 1 unspecified atom stereocenters. The normalized spacial score (nSPS) is 13.1. The molecular formula is C16H18FN3O4S. The van der Waals surface area contributed by atoms with Crippen molar-refractivity contribution in [3.05, 3.63) is 46.2 Å². The number of thiazole rings is 1. The van der Waals surface area contributed by atoms with Crippen LogP contribution in [-0.4, -0.2) is 39.3 Å². The second kappa shape index (κ2) is 7.58. The van der Waals surface area contributed by atoms with Gasteiger partial charge in [-0.15, -0.1) is 11.3 Å². The Morgan fingerprint density at radius 1 is 1.40 bits per heavy atom. The number of carbonyl (C=O) groups excluding carboxylic acids is 1. The van der Waals surface area contributed by atoms with Crippen molar-refractivity contribution in [1.29, 1.82) is 0 Å². The van der Waals surface area contributed by atoms with Gasteiger partial charge < -0.3 is 15.5 Å². The third-order valence-electron chi connectivity index (χ3n) is 3.44. The first kappa shape index (κ1) is 18.8.